The summed E-state index contributed by atoms with van der Waals surface area (Å²) < 4.78 is 5.08. The Balaban J connectivity index is 1.90. The zero-order valence-electron chi connectivity index (χ0n) is 11.8. The van der Waals surface area contributed by atoms with Gasteiger partial charge in [-0.15, -0.1) is 10.2 Å². The minimum atomic E-state index is -0.0534. The lowest BCUT2D eigenvalue weighted by Gasteiger charge is -2.30. The van der Waals surface area contributed by atoms with Crippen LogP contribution in [-0.4, -0.2) is 35.9 Å². The van der Waals surface area contributed by atoms with Crippen LogP contribution < -0.4 is 4.90 Å². The lowest BCUT2D eigenvalue weighted by molar-refractivity contribution is -0.148. The first kappa shape index (κ1) is 14.2. The average Bonchev–Trinajstić information content (AvgIpc) is 2.89. The number of aromatic nitrogens is 2. The number of carbonyl (C=O) groups is 1. The molecule has 0 radical (unpaired) electrons. The molecule has 0 bridgehead atoms. The zero-order chi connectivity index (χ0) is 13.8. The number of nitrogens with zero attached hydrogens (tertiary/aromatic N) is 3. The van der Waals surface area contributed by atoms with Crippen LogP contribution in [0.4, 0.5) is 5.13 Å². The van der Waals surface area contributed by atoms with E-state index < -0.39 is 0 Å². The van der Waals surface area contributed by atoms with Gasteiger partial charge in [-0.3, -0.25) is 4.79 Å². The van der Waals surface area contributed by atoms with Crippen molar-refractivity contribution in [3.8, 4) is 0 Å². The Morgan fingerprint density at radius 2 is 2.11 bits per heavy atom. The van der Waals surface area contributed by atoms with Crippen LogP contribution in [0.2, 0.25) is 0 Å². The summed E-state index contributed by atoms with van der Waals surface area (Å²) in [5, 5.41) is 10.5. The highest BCUT2D eigenvalue weighted by molar-refractivity contribution is 7.15. The van der Waals surface area contributed by atoms with Crippen molar-refractivity contribution in [2.75, 3.05) is 24.6 Å². The number of piperidine rings is 1. The van der Waals surface area contributed by atoms with Crippen molar-refractivity contribution >= 4 is 22.4 Å². The zero-order valence-corrected chi connectivity index (χ0v) is 12.6. The molecule has 0 unspecified atom stereocenters. The number of anilines is 1. The van der Waals surface area contributed by atoms with Gasteiger partial charge in [-0.2, -0.15) is 0 Å². The average molecular weight is 283 g/mol. The number of esters is 1. The minimum absolute atomic E-state index is 0.0497. The molecule has 0 aliphatic carbocycles. The van der Waals surface area contributed by atoms with E-state index in [2.05, 4.69) is 28.9 Å². The summed E-state index contributed by atoms with van der Waals surface area (Å²) in [5.41, 5.74) is 0. The van der Waals surface area contributed by atoms with Crippen molar-refractivity contribution in [2.45, 2.75) is 39.5 Å². The molecule has 0 atom stereocenters. The highest BCUT2D eigenvalue weighted by atomic mass is 32.1. The molecule has 1 aliphatic rings. The summed E-state index contributed by atoms with van der Waals surface area (Å²) in [5.74, 6) is 0.416. The number of rotatable bonds is 4. The molecule has 5 nitrogen and oxygen atoms in total. The Kier molecular flexibility index (Phi) is 4.74. The van der Waals surface area contributed by atoms with E-state index in [1.54, 1.807) is 11.3 Å². The van der Waals surface area contributed by atoms with Crippen molar-refractivity contribution in [1.82, 2.24) is 10.2 Å². The normalized spacial score (nSPS) is 16.9. The molecular weight excluding hydrogens is 262 g/mol. The smallest absolute Gasteiger partial charge is 0.309 e. The number of ether oxygens (including phenoxy) is 1. The third-order valence-corrected chi connectivity index (χ3v) is 4.59. The van der Waals surface area contributed by atoms with Gasteiger partial charge in [0.1, 0.15) is 5.01 Å². The Bertz CT molecular complexity index is 425. The summed E-state index contributed by atoms with van der Waals surface area (Å²) in [6.07, 6.45) is 1.69. The van der Waals surface area contributed by atoms with Crippen molar-refractivity contribution in [1.29, 1.82) is 0 Å². The van der Waals surface area contributed by atoms with Gasteiger partial charge in [0.25, 0.3) is 0 Å². The van der Waals surface area contributed by atoms with Crippen molar-refractivity contribution in [2.24, 2.45) is 5.92 Å². The maximum atomic E-state index is 11.7. The van der Waals surface area contributed by atoms with Gasteiger partial charge in [0.15, 0.2) is 0 Å². The SMILES string of the molecule is CCOC(=O)C1CCN(c2nnc(C(C)C)s2)CC1. The molecular formula is C13H21N3O2S. The lowest BCUT2D eigenvalue weighted by Crippen LogP contribution is -2.36. The van der Waals surface area contributed by atoms with Crippen molar-refractivity contribution < 1.29 is 9.53 Å². The fraction of sp³-hybridized carbons (Fsp3) is 0.769. The highest BCUT2D eigenvalue weighted by Gasteiger charge is 2.27. The molecule has 2 heterocycles. The fourth-order valence-corrected chi connectivity index (χ4v) is 3.05. The largest absolute Gasteiger partial charge is 0.466 e. The van der Waals surface area contributed by atoms with Gasteiger partial charge in [0, 0.05) is 19.0 Å². The molecule has 1 fully saturated rings. The fourth-order valence-electron chi connectivity index (χ4n) is 2.15. The van der Waals surface area contributed by atoms with Crippen LogP contribution in [0.1, 0.15) is 44.5 Å². The molecule has 19 heavy (non-hydrogen) atoms. The molecule has 6 heteroatoms. The van der Waals surface area contributed by atoms with Gasteiger partial charge in [-0.05, 0) is 19.8 Å². The molecule has 0 spiro atoms. The van der Waals surface area contributed by atoms with E-state index in [-0.39, 0.29) is 11.9 Å². The van der Waals surface area contributed by atoms with E-state index in [0.717, 1.165) is 36.1 Å². The van der Waals surface area contributed by atoms with Gasteiger partial charge >= 0.3 is 5.97 Å². The highest BCUT2D eigenvalue weighted by Crippen LogP contribution is 2.29. The van der Waals surface area contributed by atoms with Gasteiger partial charge in [0.05, 0.1) is 12.5 Å². The van der Waals surface area contributed by atoms with Gasteiger partial charge in [0.2, 0.25) is 5.13 Å². The molecule has 0 aromatic carbocycles. The van der Waals surface area contributed by atoms with E-state index >= 15 is 0 Å². The monoisotopic (exact) mass is 283 g/mol. The summed E-state index contributed by atoms with van der Waals surface area (Å²) in [6.45, 7) is 8.27. The van der Waals surface area contributed by atoms with Crippen LogP contribution in [0.25, 0.3) is 0 Å². The van der Waals surface area contributed by atoms with Gasteiger partial charge in [-0.25, -0.2) is 0 Å². The third kappa shape index (κ3) is 3.43. The first-order valence-electron chi connectivity index (χ1n) is 6.86. The summed E-state index contributed by atoms with van der Waals surface area (Å²) in [4.78, 5) is 13.9. The van der Waals surface area contributed by atoms with Crippen LogP contribution in [0.5, 0.6) is 0 Å². The van der Waals surface area contributed by atoms with E-state index in [9.17, 15) is 4.79 Å². The molecule has 1 aromatic heterocycles. The van der Waals surface area contributed by atoms with Gasteiger partial charge < -0.3 is 9.64 Å². The summed E-state index contributed by atoms with van der Waals surface area (Å²) in [7, 11) is 0. The van der Waals surface area contributed by atoms with E-state index in [1.807, 2.05) is 6.92 Å². The van der Waals surface area contributed by atoms with Crippen molar-refractivity contribution in [3.63, 3.8) is 0 Å². The Labute approximate surface area is 118 Å². The minimum Gasteiger partial charge on any atom is -0.466 e. The van der Waals surface area contributed by atoms with E-state index in [1.165, 1.54) is 0 Å². The second-order valence-electron chi connectivity index (χ2n) is 5.09. The molecule has 106 valence electrons. The first-order valence-corrected chi connectivity index (χ1v) is 7.68. The van der Waals surface area contributed by atoms with Crippen LogP contribution in [0.15, 0.2) is 0 Å². The first-order chi connectivity index (χ1) is 9.11. The maximum absolute atomic E-state index is 11.7. The molecule has 1 aliphatic heterocycles. The quantitative estimate of drug-likeness (QED) is 0.794. The van der Waals surface area contributed by atoms with Crippen molar-refractivity contribution in [3.05, 3.63) is 5.01 Å². The second-order valence-corrected chi connectivity index (χ2v) is 6.08. The topological polar surface area (TPSA) is 55.3 Å². The predicted molar refractivity (Wildman–Crippen MR) is 75.6 cm³/mol. The molecule has 1 saturated heterocycles. The second kappa shape index (κ2) is 6.32. The van der Waals surface area contributed by atoms with E-state index in [0.29, 0.717) is 12.5 Å². The molecule has 0 N–H and O–H groups in total. The molecule has 0 saturated carbocycles. The third-order valence-electron chi connectivity index (χ3n) is 3.31. The predicted octanol–water partition coefficient (Wildman–Crippen LogP) is 2.44. The number of hydrogen-bond acceptors (Lipinski definition) is 6. The summed E-state index contributed by atoms with van der Waals surface area (Å²) in [6, 6.07) is 0. The van der Waals surface area contributed by atoms with Gasteiger partial charge in [-0.1, -0.05) is 25.2 Å². The maximum Gasteiger partial charge on any atom is 0.309 e. The van der Waals surface area contributed by atoms with E-state index in [4.69, 9.17) is 4.74 Å². The molecule has 1 aromatic rings. The lowest BCUT2D eigenvalue weighted by atomic mass is 9.97. The van der Waals surface area contributed by atoms with Crippen LogP contribution in [-0.2, 0) is 9.53 Å². The van der Waals surface area contributed by atoms with Crippen LogP contribution >= 0.6 is 11.3 Å². The molecule has 2 rings (SSSR count). The van der Waals surface area contributed by atoms with Crippen LogP contribution in [0.3, 0.4) is 0 Å². The Morgan fingerprint density at radius 3 is 2.63 bits per heavy atom. The Hall–Kier alpha value is -1.17. The molecule has 0 amide bonds. The number of hydrogen-bond donors (Lipinski definition) is 0. The van der Waals surface area contributed by atoms with Crippen LogP contribution in [0, 0.1) is 5.92 Å². The number of carbonyl (C=O) groups excluding carboxylic acids is 1. The standard InChI is InChI=1S/C13H21N3O2S/c1-4-18-12(17)10-5-7-16(8-6-10)13-15-14-11(19-13)9(2)3/h9-10H,4-8H2,1-3H3. The Morgan fingerprint density at radius 1 is 1.42 bits per heavy atom. The summed E-state index contributed by atoms with van der Waals surface area (Å²) >= 11 is 1.65.